The number of benzene rings is 3. The van der Waals surface area contributed by atoms with Crippen LogP contribution in [0.3, 0.4) is 0 Å². The van der Waals surface area contributed by atoms with E-state index in [1.807, 2.05) is 0 Å². The van der Waals surface area contributed by atoms with Crippen molar-refractivity contribution in [2.45, 2.75) is 11.3 Å². The molecule has 0 radical (unpaired) electrons. The maximum Gasteiger partial charge on any atom is 0.0488 e. The Bertz CT molecular complexity index is 874. The van der Waals surface area contributed by atoms with Gasteiger partial charge in [0.15, 0.2) is 0 Å². The number of rotatable bonds is 3. The summed E-state index contributed by atoms with van der Waals surface area (Å²) in [5, 5.41) is 0. The summed E-state index contributed by atoms with van der Waals surface area (Å²) in [5.41, 5.74) is 4.93. The predicted octanol–water partition coefficient (Wildman–Crippen LogP) is 5.97. The maximum absolute atomic E-state index is 4.27. The first-order valence-corrected chi connectivity index (χ1v) is 8.38. The van der Waals surface area contributed by atoms with Gasteiger partial charge in [0.2, 0.25) is 0 Å². The highest BCUT2D eigenvalue weighted by atomic mass is 14.4. The van der Waals surface area contributed by atoms with E-state index in [2.05, 4.69) is 110 Å². The normalized spacial score (nSPS) is 21.9. The topological polar surface area (TPSA) is 0 Å². The van der Waals surface area contributed by atoms with Crippen LogP contribution in [0.5, 0.6) is 0 Å². The molecule has 0 saturated carbocycles. The summed E-state index contributed by atoms with van der Waals surface area (Å²) in [6.07, 6.45) is 6.70. The predicted molar refractivity (Wildman–Crippen MR) is 102 cm³/mol. The first-order valence-electron chi connectivity index (χ1n) is 8.38. The fourth-order valence-electron chi connectivity index (χ4n) is 3.98. The van der Waals surface area contributed by atoms with Gasteiger partial charge in [0, 0.05) is 11.3 Å². The van der Waals surface area contributed by atoms with Gasteiger partial charge in [0.1, 0.15) is 0 Å². The van der Waals surface area contributed by atoms with Crippen LogP contribution in [-0.2, 0) is 5.41 Å². The van der Waals surface area contributed by atoms with Crippen molar-refractivity contribution in [2.75, 3.05) is 0 Å². The molecule has 1 aliphatic carbocycles. The van der Waals surface area contributed by atoms with Crippen LogP contribution < -0.4 is 0 Å². The van der Waals surface area contributed by atoms with Crippen LogP contribution in [0.2, 0.25) is 0 Å². The Morgan fingerprint density at radius 2 is 1.38 bits per heavy atom. The van der Waals surface area contributed by atoms with Crippen LogP contribution in [-0.4, -0.2) is 0 Å². The third-order valence-electron chi connectivity index (χ3n) is 5.10. The minimum Gasteiger partial charge on any atom is -0.102 e. The van der Waals surface area contributed by atoms with Crippen LogP contribution in [0.15, 0.2) is 104 Å². The second-order valence-corrected chi connectivity index (χ2v) is 6.27. The summed E-state index contributed by atoms with van der Waals surface area (Å²) < 4.78 is 0. The number of hydrogen-bond acceptors (Lipinski definition) is 0. The fourth-order valence-corrected chi connectivity index (χ4v) is 3.98. The summed E-state index contributed by atoms with van der Waals surface area (Å²) in [4.78, 5) is 0. The van der Waals surface area contributed by atoms with Gasteiger partial charge in [-0.2, -0.15) is 0 Å². The maximum atomic E-state index is 4.27. The van der Waals surface area contributed by atoms with E-state index in [-0.39, 0.29) is 11.3 Å². The molecule has 1 aliphatic rings. The first kappa shape index (κ1) is 14.7. The lowest BCUT2D eigenvalue weighted by atomic mass is 9.60. The summed E-state index contributed by atoms with van der Waals surface area (Å²) in [7, 11) is 0. The SMILES string of the molecule is C=CC1(c2ccccc2)c2ccccc2C=CC1c1ccccc1. The molecule has 0 amide bonds. The molecule has 116 valence electrons. The molecule has 0 nitrogen and oxygen atoms in total. The lowest BCUT2D eigenvalue weighted by Gasteiger charge is -2.42. The minimum atomic E-state index is -0.256. The molecule has 4 rings (SSSR count). The fraction of sp³-hybridized carbons (Fsp3) is 0.0833. The van der Waals surface area contributed by atoms with E-state index < -0.39 is 0 Å². The van der Waals surface area contributed by atoms with E-state index >= 15 is 0 Å². The highest BCUT2D eigenvalue weighted by Crippen LogP contribution is 2.50. The molecule has 2 atom stereocenters. The Balaban J connectivity index is 2.03. The second-order valence-electron chi connectivity index (χ2n) is 6.27. The highest BCUT2D eigenvalue weighted by Gasteiger charge is 2.41. The van der Waals surface area contributed by atoms with Gasteiger partial charge in [-0.15, -0.1) is 6.58 Å². The van der Waals surface area contributed by atoms with Gasteiger partial charge >= 0.3 is 0 Å². The number of fused-ring (bicyclic) bond motifs is 1. The van der Waals surface area contributed by atoms with Gasteiger partial charge in [0.25, 0.3) is 0 Å². The van der Waals surface area contributed by atoms with E-state index in [0.29, 0.717) is 0 Å². The summed E-state index contributed by atoms with van der Waals surface area (Å²) in [6, 6.07) is 30.1. The molecule has 0 N–H and O–H groups in total. The molecule has 0 heterocycles. The average Bonchev–Trinajstić information content (AvgIpc) is 2.68. The zero-order valence-electron chi connectivity index (χ0n) is 13.6. The molecule has 0 aliphatic heterocycles. The second kappa shape index (κ2) is 5.98. The quantitative estimate of drug-likeness (QED) is 0.523. The van der Waals surface area contributed by atoms with E-state index in [9.17, 15) is 0 Å². The molecular weight excluding hydrogens is 288 g/mol. The molecule has 3 aromatic rings. The van der Waals surface area contributed by atoms with Gasteiger partial charge in [-0.25, -0.2) is 0 Å². The standard InChI is InChI=1S/C24H20/c1-2-24(21-14-7-4-8-15-21)22-16-10-9-13-20(22)17-18-23(24)19-11-5-3-6-12-19/h2-18,23H,1H2. The largest absolute Gasteiger partial charge is 0.102 e. The summed E-state index contributed by atoms with van der Waals surface area (Å²) in [5.74, 6) is 0.230. The van der Waals surface area contributed by atoms with Crippen molar-refractivity contribution in [3.05, 3.63) is 126 Å². The van der Waals surface area contributed by atoms with Crippen LogP contribution in [0, 0.1) is 0 Å². The highest BCUT2D eigenvalue weighted by molar-refractivity contribution is 5.67. The molecule has 0 heteroatoms. The molecule has 2 unspecified atom stereocenters. The van der Waals surface area contributed by atoms with E-state index in [1.165, 1.54) is 22.3 Å². The molecule has 0 fully saturated rings. The van der Waals surface area contributed by atoms with Gasteiger partial charge in [-0.1, -0.05) is 103 Å². The van der Waals surface area contributed by atoms with Crippen molar-refractivity contribution in [3.63, 3.8) is 0 Å². The zero-order chi connectivity index (χ0) is 16.4. The summed E-state index contributed by atoms with van der Waals surface area (Å²) >= 11 is 0. The molecule has 24 heavy (non-hydrogen) atoms. The molecule has 0 bridgehead atoms. The van der Waals surface area contributed by atoms with Crippen LogP contribution in [0.25, 0.3) is 6.08 Å². The van der Waals surface area contributed by atoms with E-state index in [4.69, 9.17) is 0 Å². The lowest BCUT2D eigenvalue weighted by molar-refractivity contribution is 0.566. The van der Waals surface area contributed by atoms with Crippen molar-refractivity contribution in [1.29, 1.82) is 0 Å². The molecule has 0 spiro atoms. The minimum absolute atomic E-state index is 0.230. The van der Waals surface area contributed by atoms with E-state index in [1.54, 1.807) is 0 Å². The Morgan fingerprint density at radius 1 is 0.750 bits per heavy atom. The van der Waals surface area contributed by atoms with Gasteiger partial charge < -0.3 is 0 Å². The third kappa shape index (κ3) is 2.15. The number of hydrogen-bond donors (Lipinski definition) is 0. The summed E-state index contributed by atoms with van der Waals surface area (Å²) in [6.45, 7) is 4.27. The van der Waals surface area contributed by atoms with Crippen molar-refractivity contribution < 1.29 is 0 Å². The van der Waals surface area contributed by atoms with Gasteiger partial charge in [0.05, 0.1) is 0 Å². The van der Waals surface area contributed by atoms with Gasteiger partial charge in [-0.05, 0) is 22.3 Å². The van der Waals surface area contributed by atoms with Crippen LogP contribution >= 0.6 is 0 Å². The van der Waals surface area contributed by atoms with Crippen molar-refractivity contribution in [3.8, 4) is 0 Å². The van der Waals surface area contributed by atoms with Gasteiger partial charge in [-0.3, -0.25) is 0 Å². The van der Waals surface area contributed by atoms with E-state index in [0.717, 1.165) is 0 Å². The van der Waals surface area contributed by atoms with Crippen LogP contribution in [0.4, 0.5) is 0 Å². The third-order valence-corrected chi connectivity index (χ3v) is 5.10. The number of allylic oxidation sites excluding steroid dienone is 2. The first-order chi connectivity index (χ1) is 11.9. The average molecular weight is 308 g/mol. The Labute approximate surface area is 143 Å². The van der Waals surface area contributed by atoms with Crippen LogP contribution in [0.1, 0.15) is 28.2 Å². The van der Waals surface area contributed by atoms with Crippen molar-refractivity contribution in [1.82, 2.24) is 0 Å². The smallest absolute Gasteiger partial charge is 0.0488 e. The zero-order valence-corrected chi connectivity index (χ0v) is 13.6. The Morgan fingerprint density at radius 3 is 2.08 bits per heavy atom. The molecule has 3 aromatic carbocycles. The molecular formula is C24H20. The Hall–Kier alpha value is -2.86. The monoisotopic (exact) mass is 308 g/mol. The van der Waals surface area contributed by atoms with Crippen molar-refractivity contribution in [2.24, 2.45) is 0 Å². The molecule has 0 aromatic heterocycles. The lowest BCUT2D eigenvalue weighted by Crippen LogP contribution is -2.34. The van der Waals surface area contributed by atoms with Crippen molar-refractivity contribution >= 4 is 6.08 Å². The Kier molecular flexibility index (Phi) is 3.66. The molecule has 0 saturated heterocycles.